The van der Waals surface area contributed by atoms with Crippen molar-refractivity contribution in [2.45, 2.75) is 12.8 Å². The summed E-state index contributed by atoms with van der Waals surface area (Å²) in [6, 6.07) is 18.7. The Morgan fingerprint density at radius 2 is 1.70 bits per heavy atom. The van der Waals surface area contributed by atoms with Crippen LogP contribution in [0, 0.1) is 0 Å². The number of pyridine rings is 1. The predicted molar refractivity (Wildman–Crippen MR) is 82.1 cm³/mol. The molecule has 0 saturated heterocycles. The molecule has 100 valence electrons. The smallest absolute Gasteiger partial charge is 0.118 e. The molecule has 0 fully saturated rings. The molecule has 1 heterocycles. The second kappa shape index (κ2) is 5.74. The summed E-state index contributed by atoms with van der Waals surface area (Å²) >= 11 is 0. The van der Waals surface area contributed by atoms with E-state index in [9.17, 15) is 0 Å². The maximum atomic E-state index is 5.18. The average Bonchev–Trinajstić information content (AvgIpc) is 2.53. The molecular weight excluding hydrogens is 246 g/mol. The van der Waals surface area contributed by atoms with Crippen LogP contribution in [0.15, 0.2) is 60.8 Å². The molecule has 3 aromatic rings. The summed E-state index contributed by atoms with van der Waals surface area (Å²) in [7, 11) is 1.69. The second-order valence-corrected chi connectivity index (χ2v) is 4.84. The van der Waals surface area contributed by atoms with Gasteiger partial charge in [0.05, 0.1) is 12.6 Å². The lowest BCUT2D eigenvalue weighted by Gasteiger charge is -2.07. The average molecular weight is 263 g/mol. The van der Waals surface area contributed by atoms with E-state index in [1.807, 2.05) is 24.4 Å². The van der Waals surface area contributed by atoms with Gasteiger partial charge in [-0.05, 0) is 48.2 Å². The lowest BCUT2D eigenvalue weighted by Crippen LogP contribution is -1.94. The zero-order valence-corrected chi connectivity index (χ0v) is 11.5. The van der Waals surface area contributed by atoms with E-state index in [2.05, 4.69) is 41.4 Å². The Balaban J connectivity index is 1.79. The van der Waals surface area contributed by atoms with Crippen molar-refractivity contribution in [1.29, 1.82) is 0 Å². The molecule has 0 saturated carbocycles. The van der Waals surface area contributed by atoms with Gasteiger partial charge in [0.2, 0.25) is 0 Å². The van der Waals surface area contributed by atoms with Gasteiger partial charge in [-0.2, -0.15) is 0 Å². The molecule has 3 rings (SSSR count). The SMILES string of the molecule is COc1ccc(CCc2ccnc3ccccc23)cc1. The first-order valence-electron chi connectivity index (χ1n) is 6.82. The molecule has 2 aromatic carbocycles. The Morgan fingerprint density at radius 1 is 0.900 bits per heavy atom. The number of ether oxygens (including phenoxy) is 1. The van der Waals surface area contributed by atoms with Gasteiger partial charge in [0.25, 0.3) is 0 Å². The van der Waals surface area contributed by atoms with E-state index >= 15 is 0 Å². The second-order valence-electron chi connectivity index (χ2n) is 4.84. The first-order valence-corrected chi connectivity index (χ1v) is 6.82. The van der Waals surface area contributed by atoms with E-state index in [4.69, 9.17) is 4.74 Å². The van der Waals surface area contributed by atoms with Gasteiger partial charge in [-0.15, -0.1) is 0 Å². The Hall–Kier alpha value is -2.35. The van der Waals surface area contributed by atoms with Crippen LogP contribution in [0.5, 0.6) is 5.75 Å². The molecule has 0 amide bonds. The largest absolute Gasteiger partial charge is 0.497 e. The third kappa shape index (κ3) is 2.64. The van der Waals surface area contributed by atoms with Crippen molar-refractivity contribution < 1.29 is 4.74 Å². The summed E-state index contributed by atoms with van der Waals surface area (Å²) in [5.74, 6) is 0.906. The lowest BCUT2D eigenvalue weighted by molar-refractivity contribution is 0.414. The topological polar surface area (TPSA) is 22.1 Å². The van der Waals surface area contributed by atoms with Crippen LogP contribution in [0.4, 0.5) is 0 Å². The molecule has 0 radical (unpaired) electrons. The molecular formula is C18H17NO. The molecule has 2 nitrogen and oxygen atoms in total. The number of nitrogens with zero attached hydrogens (tertiary/aromatic N) is 1. The summed E-state index contributed by atoms with van der Waals surface area (Å²) < 4.78 is 5.18. The van der Waals surface area contributed by atoms with Crippen molar-refractivity contribution in [2.24, 2.45) is 0 Å². The molecule has 0 N–H and O–H groups in total. The Kier molecular flexibility index (Phi) is 3.64. The Labute approximate surface area is 119 Å². The highest BCUT2D eigenvalue weighted by Gasteiger charge is 2.02. The van der Waals surface area contributed by atoms with Crippen LogP contribution in [-0.2, 0) is 12.8 Å². The van der Waals surface area contributed by atoms with Gasteiger partial charge in [0, 0.05) is 11.6 Å². The minimum atomic E-state index is 0.906. The van der Waals surface area contributed by atoms with Crippen LogP contribution in [0.1, 0.15) is 11.1 Å². The molecule has 0 atom stereocenters. The molecule has 0 aliphatic rings. The Bertz CT molecular complexity index is 699. The number of fused-ring (bicyclic) bond motifs is 1. The zero-order chi connectivity index (χ0) is 13.8. The van der Waals surface area contributed by atoms with Crippen molar-refractivity contribution in [1.82, 2.24) is 4.98 Å². The van der Waals surface area contributed by atoms with Gasteiger partial charge in [-0.25, -0.2) is 0 Å². The lowest BCUT2D eigenvalue weighted by atomic mass is 10.0. The molecule has 0 aliphatic heterocycles. The maximum absolute atomic E-state index is 5.18. The summed E-state index contributed by atoms with van der Waals surface area (Å²) in [6.07, 6.45) is 3.94. The van der Waals surface area contributed by atoms with E-state index in [0.29, 0.717) is 0 Å². The third-order valence-electron chi connectivity index (χ3n) is 3.58. The van der Waals surface area contributed by atoms with Gasteiger partial charge >= 0.3 is 0 Å². The van der Waals surface area contributed by atoms with Gasteiger partial charge in [0.15, 0.2) is 0 Å². The molecule has 2 heteroatoms. The first-order chi connectivity index (χ1) is 9.86. The summed E-state index contributed by atoms with van der Waals surface area (Å²) in [6.45, 7) is 0. The number of hydrogen-bond donors (Lipinski definition) is 0. The zero-order valence-electron chi connectivity index (χ0n) is 11.5. The number of methoxy groups -OCH3 is 1. The highest BCUT2D eigenvalue weighted by molar-refractivity contribution is 5.81. The minimum Gasteiger partial charge on any atom is -0.497 e. The maximum Gasteiger partial charge on any atom is 0.118 e. The number of rotatable bonds is 4. The quantitative estimate of drug-likeness (QED) is 0.709. The van der Waals surface area contributed by atoms with Gasteiger partial charge in [0.1, 0.15) is 5.75 Å². The summed E-state index contributed by atoms with van der Waals surface area (Å²) in [4.78, 5) is 4.40. The fourth-order valence-electron chi connectivity index (χ4n) is 2.44. The fraction of sp³-hybridized carbons (Fsp3) is 0.167. The molecule has 20 heavy (non-hydrogen) atoms. The third-order valence-corrected chi connectivity index (χ3v) is 3.58. The van der Waals surface area contributed by atoms with E-state index in [-0.39, 0.29) is 0 Å². The molecule has 0 aliphatic carbocycles. The molecule has 0 bridgehead atoms. The number of benzene rings is 2. The standard InChI is InChI=1S/C18H17NO/c1-20-16-10-7-14(8-11-16)6-9-15-12-13-19-18-5-3-2-4-17(15)18/h2-5,7-8,10-13H,6,9H2,1H3. The fourth-order valence-corrected chi connectivity index (χ4v) is 2.44. The van der Waals surface area contributed by atoms with E-state index in [1.165, 1.54) is 16.5 Å². The van der Waals surface area contributed by atoms with E-state index < -0.39 is 0 Å². The van der Waals surface area contributed by atoms with Crippen molar-refractivity contribution in [3.8, 4) is 5.75 Å². The van der Waals surface area contributed by atoms with Crippen LogP contribution in [0.25, 0.3) is 10.9 Å². The number of aromatic nitrogens is 1. The Morgan fingerprint density at radius 3 is 2.50 bits per heavy atom. The first kappa shape index (κ1) is 12.7. The van der Waals surface area contributed by atoms with E-state index in [0.717, 1.165) is 24.1 Å². The van der Waals surface area contributed by atoms with Crippen molar-refractivity contribution in [3.63, 3.8) is 0 Å². The van der Waals surface area contributed by atoms with Crippen LogP contribution in [0.3, 0.4) is 0 Å². The van der Waals surface area contributed by atoms with Crippen LogP contribution in [0.2, 0.25) is 0 Å². The van der Waals surface area contributed by atoms with E-state index in [1.54, 1.807) is 7.11 Å². The van der Waals surface area contributed by atoms with Gasteiger partial charge < -0.3 is 4.74 Å². The molecule has 1 aromatic heterocycles. The normalized spacial score (nSPS) is 10.7. The van der Waals surface area contributed by atoms with Gasteiger partial charge in [-0.3, -0.25) is 4.98 Å². The highest BCUT2D eigenvalue weighted by atomic mass is 16.5. The number of hydrogen-bond acceptors (Lipinski definition) is 2. The van der Waals surface area contributed by atoms with Crippen LogP contribution < -0.4 is 4.74 Å². The van der Waals surface area contributed by atoms with Crippen molar-refractivity contribution >= 4 is 10.9 Å². The van der Waals surface area contributed by atoms with Crippen LogP contribution >= 0.6 is 0 Å². The predicted octanol–water partition coefficient (Wildman–Crippen LogP) is 4.03. The van der Waals surface area contributed by atoms with Gasteiger partial charge in [-0.1, -0.05) is 30.3 Å². The van der Waals surface area contributed by atoms with Crippen molar-refractivity contribution in [3.05, 3.63) is 71.9 Å². The monoisotopic (exact) mass is 263 g/mol. The molecule has 0 unspecified atom stereocenters. The van der Waals surface area contributed by atoms with Crippen LogP contribution in [-0.4, -0.2) is 12.1 Å². The van der Waals surface area contributed by atoms with Crippen molar-refractivity contribution in [2.75, 3.05) is 7.11 Å². The summed E-state index contributed by atoms with van der Waals surface area (Å²) in [5.41, 5.74) is 3.75. The molecule has 0 spiro atoms. The number of aryl methyl sites for hydroxylation is 2. The number of para-hydroxylation sites is 1. The summed E-state index contributed by atoms with van der Waals surface area (Å²) in [5, 5.41) is 1.25. The minimum absolute atomic E-state index is 0.906. The highest BCUT2D eigenvalue weighted by Crippen LogP contribution is 2.19.